The second-order valence-corrected chi connectivity index (χ2v) is 7.58. The van der Waals surface area contributed by atoms with Crippen LogP contribution in [-0.2, 0) is 0 Å². The molecular weight excluding hydrogens is 332 g/mol. The maximum absolute atomic E-state index is 13.0. The summed E-state index contributed by atoms with van der Waals surface area (Å²) in [7, 11) is 0. The monoisotopic (exact) mass is 352 g/mol. The van der Waals surface area contributed by atoms with E-state index < -0.39 is 0 Å². The van der Waals surface area contributed by atoms with E-state index in [0.717, 1.165) is 41.0 Å². The molecule has 5 nitrogen and oxygen atoms in total. The molecule has 2 N–H and O–H groups in total. The normalized spacial score (nSPS) is 17.4. The van der Waals surface area contributed by atoms with Crippen molar-refractivity contribution in [3.63, 3.8) is 0 Å². The first kappa shape index (κ1) is 16.0. The molecule has 1 atom stereocenters. The summed E-state index contributed by atoms with van der Waals surface area (Å²) in [5, 5.41) is 9.24. The Morgan fingerprint density at radius 2 is 2.00 bits per heavy atom. The van der Waals surface area contributed by atoms with Gasteiger partial charge in [0.1, 0.15) is 9.71 Å². The molecule has 0 bridgehead atoms. The molecule has 25 heavy (non-hydrogen) atoms. The summed E-state index contributed by atoms with van der Waals surface area (Å²) in [6, 6.07) is 10.4. The summed E-state index contributed by atoms with van der Waals surface area (Å²) in [5.74, 6) is 0.403. The fourth-order valence-corrected chi connectivity index (χ4v) is 4.55. The summed E-state index contributed by atoms with van der Waals surface area (Å²) in [4.78, 5) is 16.3. The van der Waals surface area contributed by atoms with E-state index in [0.29, 0.717) is 16.5 Å². The lowest BCUT2D eigenvalue weighted by Gasteiger charge is -2.16. The molecule has 0 aliphatic carbocycles. The van der Waals surface area contributed by atoms with Crippen molar-refractivity contribution in [2.45, 2.75) is 26.2 Å². The van der Waals surface area contributed by atoms with Crippen LogP contribution in [0, 0.1) is 13.8 Å². The molecule has 4 rings (SSSR count). The van der Waals surface area contributed by atoms with E-state index >= 15 is 0 Å². The number of thiophene rings is 1. The van der Waals surface area contributed by atoms with Crippen LogP contribution < -0.4 is 5.73 Å². The zero-order valence-electron chi connectivity index (χ0n) is 14.3. The Labute approximate surface area is 150 Å². The zero-order chi connectivity index (χ0) is 17.6. The van der Waals surface area contributed by atoms with Gasteiger partial charge in [0.25, 0.3) is 5.91 Å². The van der Waals surface area contributed by atoms with Crippen LogP contribution in [0.25, 0.3) is 10.2 Å². The highest BCUT2D eigenvalue weighted by atomic mass is 32.1. The lowest BCUT2D eigenvalue weighted by molar-refractivity contribution is 0.0796. The van der Waals surface area contributed by atoms with E-state index in [2.05, 4.69) is 22.3 Å². The molecule has 0 saturated carbocycles. The number of nitrogens with zero attached hydrogens (tertiary/aromatic N) is 3. The highest BCUT2D eigenvalue weighted by Crippen LogP contribution is 2.37. The second-order valence-electron chi connectivity index (χ2n) is 6.58. The van der Waals surface area contributed by atoms with Crippen molar-refractivity contribution in [1.29, 1.82) is 0 Å². The lowest BCUT2D eigenvalue weighted by Crippen LogP contribution is -2.28. The molecule has 1 aliphatic rings. The van der Waals surface area contributed by atoms with Crippen LogP contribution in [0.5, 0.6) is 0 Å². The number of nitrogens with two attached hydrogens (primary N) is 1. The van der Waals surface area contributed by atoms with Crippen molar-refractivity contribution in [3.05, 3.63) is 52.0 Å². The van der Waals surface area contributed by atoms with E-state index in [1.807, 2.05) is 36.9 Å². The first-order valence-corrected chi connectivity index (χ1v) is 9.24. The summed E-state index contributed by atoms with van der Waals surface area (Å²) in [6.45, 7) is 5.38. The van der Waals surface area contributed by atoms with E-state index in [1.54, 1.807) is 0 Å². The smallest absolute Gasteiger partial charge is 0.266 e. The number of rotatable bonds is 2. The highest BCUT2D eigenvalue weighted by molar-refractivity contribution is 7.21. The number of hydrogen-bond acceptors (Lipinski definition) is 5. The van der Waals surface area contributed by atoms with Crippen molar-refractivity contribution in [1.82, 2.24) is 15.1 Å². The van der Waals surface area contributed by atoms with Crippen LogP contribution in [0.4, 0.5) is 5.69 Å². The second kappa shape index (κ2) is 6.11. The first-order valence-electron chi connectivity index (χ1n) is 8.42. The topological polar surface area (TPSA) is 72.1 Å². The first-order chi connectivity index (χ1) is 12.1. The van der Waals surface area contributed by atoms with Crippen LogP contribution >= 0.6 is 11.3 Å². The average molecular weight is 352 g/mol. The molecule has 0 spiro atoms. The molecule has 1 amide bonds. The Hall–Kier alpha value is -2.47. The summed E-state index contributed by atoms with van der Waals surface area (Å²) in [6.07, 6.45) is 0.985. The maximum atomic E-state index is 13.0. The minimum absolute atomic E-state index is 0.0102. The van der Waals surface area contributed by atoms with Gasteiger partial charge in [-0.2, -0.15) is 5.10 Å². The van der Waals surface area contributed by atoms with Gasteiger partial charge in [0.2, 0.25) is 0 Å². The summed E-state index contributed by atoms with van der Waals surface area (Å²) in [5.41, 5.74) is 10.0. The number of likely N-dealkylation sites (tertiary alicyclic amines) is 1. The molecule has 1 fully saturated rings. The van der Waals surface area contributed by atoms with Crippen LogP contribution in [0.1, 0.15) is 38.8 Å². The zero-order valence-corrected chi connectivity index (χ0v) is 15.1. The van der Waals surface area contributed by atoms with Gasteiger partial charge in [0.15, 0.2) is 0 Å². The Kier molecular flexibility index (Phi) is 3.92. The number of benzene rings is 1. The van der Waals surface area contributed by atoms with Gasteiger partial charge in [-0.25, -0.2) is 0 Å². The Morgan fingerprint density at radius 1 is 1.24 bits per heavy atom. The van der Waals surface area contributed by atoms with Gasteiger partial charge >= 0.3 is 0 Å². The number of nitrogen functional groups attached to an aromatic ring is 1. The quantitative estimate of drug-likeness (QED) is 0.766. The predicted octanol–water partition coefficient (Wildman–Crippen LogP) is 3.52. The third-order valence-electron chi connectivity index (χ3n) is 5.08. The summed E-state index contributed by atoms with van der Waals surface area (Å²) >= 11 is 1.35. The number of fused-ring (bicyclic) bond motifs is 1. The van der Waals surface area contributed by atoms with Crippen molar-refractivity contribution >= 4 is 33.1 Å². The Balaban J connectivity index is 1.63. The van der Waals surface area contributed by atoms with Crippen molar-refractivity contribution < 1.29 is 4.79 Å². The maximum Gasteiger partial charge on any atom is 0.266 e. The van der Waals surface area contributed by atoms with Crippen LogP contribution in [0.3, 0.4) is 0 Å². The largest absolute Gasteiger partial charge is 0.397 e. The SMILES string of the molecule is Cc1nnc2sc(C(=O)N3CCC(c4ccccc4)C3)c(N)c2c1C. The van der Waals surface area contributed by atoms with Crippen LogP contribution in [0.2, 0.25) is 0 Å². The molecule has 3 heterocycles. The van der Waals surface area contributed by atoms with Gasteiger partial charge in [0, 0.05) is 24.4 Å². The number of aromatic nitrogens is 2. The van der Waals surface area contributed by atoms with E-state index in [-0.39, 0.29) is 5.91 Å². The van der Waals surface area contributed by atoms with Gasteiger partial charge < -0.3 is 10.6 Å². The molecular formula is C19H20N4OS. The van der Waals surface area contributed by atoms with Crippen molar-refractivity contribution in [2.24, 2.45) is 0 Å². The minimum atomic E-state index is 0.0102. The van der Waals surface area contributed by atoms with E-state index in [4.69, 9.17) is 5.73 Å². The third kappa shape index (κ3) is 2.66. The molecule has 6 heteroatoms. The number of aryl methyl sites for hydroxylation is 2. The lowest BCUT2D eigenvalue weighted by atomic mass is 9.99. The Morgan fingerprint density at radius 3 is 2.76 bits per heavy atom. The summed E-state index contributed by atoms with van der Waals surface area (Å²) < 4.78 is 0. The van der Waals surface area contributed by atoms with E-state index in [1.165, 1.54) is 16.9 Å². The number of carbonyl (C=O) groups excluding carboxylic acids is 1. The highest BCUT2D eigenvalue weighted by Gasteiger charge is 2.30. The number of amides is 1. The Bertz CT molecular complexity index is 951. The standard InChI is InChI=1S/C19H20N4OS/c1-11-12(2)21-22-18-15(11)16(20)17(25-18)19(24)23-9-8-14(10-23)13-6-4-3-5-7-13/h3-7,14H,8-10,20H2,1-2H3. The fourth-order valence-electron chi connectivity index (χ4n) is 3.49. The van der Waals surface area contributed by atoms with Gasteiger partial charge in [0.05, 0.1) is 11.4 Å². The molecule has 0 radical (unpaired) electrons. The molecule has 1 aliphatic heterocycles. The number of anilines is 1. The van der Waals surface area contributed by atoms with Crippen LogP contribution in [-0.4, -0.2) is 34.1 Å². The fraction of sp³-hybridized carbons (Fsp3) is 0.316. The van der Waals surface area contributed by atoms with Gasteiger partial charge in [-0.1, -0.05) is 30.3 Å². The molecule has 1 unspecified atom stereocenters. The van der Waals surface area contributed by atoms with Crippen molar-refractivity contribution in [2.75, 3.05) is 18.8 Å². The number of carbonyl (C=O) groups is 1. The molecule has 1 saturated heterocycles. The van der Waals surface area contributed by atoms with Crippen LogP contribution in [0.15, 0.2) is 30.3 Å². The number of hydrogen-bond donors (Lipinski definition) is 1. The third-order valence-corrected chi connectivity index (χ3v) is 6.15. The van der Waals surface area contributed by atoms with Crippen molar-refractivity contribution in [3.8, 4) is 0 Å². The van der Waals surface area contributed by atoms with Gasteiger partial charge in [-0.3, -0.25) is 4.79 Å². The van der Waals surface area contributed by atoms with E-state index in [9.17, 15) is 4.79 Å². The predicted molar refractivity (Wildman–Crippen MR) is 101 cm³/mol. The molecule has 1 aromatic carbocycles. The average Bonchev–Trinajstić information content (AvgIpc) is 3.24. The molecule has 128 valence electrons. The minimum Gasteiger partial charge on any atom is -0.397 e. The van der Waals surface area contributed by atoms with Gasteiger partial charge in [-0.05, 0) is 31.4 Å². The van der Waals surface area contributed by atoms with Gasteiger partial charge in [-0.15, -0.1) is 16.4 Å². The molecule has 3 aromatic rings. The molecule has 2 aromatic heterocycles.